The second-order valence-corrected chi connectivity index (χ2v) is 10.1. The third kappa shape index (κ3) is 2.97. The Morgan fingerprint density at radius 1 is 0.513 bits per heavy atom. The molecule has 0 radical (unpaired) electrons. The van der Waals surface area contributed by atoms with Crippen molar-refractivity contribution in [1.82, 2.24) is 9.38 Å². The van der Waals surface area contributed by atoms with E-state index in [2.05, 4.69) is 85.1 Å². The van der Waals surface area contributed by atoms with Crippen molar-refractivity contribution in [3.05, 3.63) is 122 Å². The number of rotatable bonds is 2. The molecular weight excluding hydrogens is 480 g/mol. The van der Waals surface area contributed by atoms with Crippen LogP contribution in [0.2, 0.25) is 0 Å². The SMILES string of the molecule is c1ccc2c(c1)oc1c3ccccc3c(-c3ccc4c(c3)oc3cc(-c5cn6ccccc6n5)ccc34)cc21. The Balaban J connectivity index is 1.24. The van der Waals surface area contributed by atoms with Gasteiger partial charge >= 0.3 is 0 Å². The number of nitrogens with zero attached hydrogens (tertiary/aromatic N) is 2. The Morgan fingerprint density at radius 3 is 2.05 bits per heavy atom. The van der Waals surface area contributed by atoms with Gasteiger partial charge in [-0.15, -0.1) is 0 Å². The highest BCUT2D eigenvalue weighted by molar-refractivity contribution is 6.19. The van der Waals surface area contributed by atoms with Gasteiger partial charge in [0.2, 0.25) is 0 Å². The predicted molar refractivity (Wildman–Crippen MR) is 158 cm³/mol. The largest absolute Gasteiger partial charge is 0.456 e. The maximum absolute atomic E-state index is 6.45. The highest BCUT2D eigenvalue weighted by Gasteiger charge is 2.16. The topological polar surface area (TPSA) is 43.6 Å². The van der Waals surface area contributed by atoms with Gasteiger partial charge in [0, 0.05) is 44.9 Å². The predicted octanol–water partition coefficient (Wildman–Crippen LogP) is 9.62. The summed E-state index contributed by atoms with van der Waals surface area (Å²) < 4.78 is 14.8. The fourth-order valence-electron chi connectivity index (χ4n) is 5.96. The zero-order valence-electron chi connectivity index (χ0n) is 20.8. The van der Waals surface area contributed by atoms with Crippen LogP contribution in [0.4, 0.5) is 0 Å². The molecule has 0 aliphatic rings. The summed E-state index contributed by atoms with van der Waals surface area (Å²) in [6.45, 7) is 0. The lowest BCUT2D eigenvalue weighted by atomic mass is 9.95. The van der Waals surface area contributed by atoms with Gasteiger partial charge in [-0.3, -0.25) is 0 Å². The molecule has 9 rings (SSSR count). The van der Waals surface area contributed by atoms with E-state index in [4.69, 9.17) is 13.8 Å². The van der Waals surface area contributed by atoms with Crippen molar-refractivity contribution < 1.29 is 8.83 Å². The number of furan rings is 2. The van der Waals surface area contributed by atoms with Gasteiger partial charge in [0.15, 0.2) is 0 Å². The van der Waals surface area contributed by atoms with E-state index in [1.165, 1.54) is 0 Å². The molecular formula is C35H20N2O2. The summed E-state index contributed by atoms with van der Waals surface area (Å²) in [5.41, 5.74) is 8.74. The molecule has 0 saturated heterocycles. The van der Waals surface area contributed by atoms with Gasteiger partial charge in [0.05, 0.1) is 5.69 Å². The average Bonchev–Trinajstić information content (AvgIpc) is 3.69. The van der Waals surface area contributed by atoms with Crippen molar-refractivity contribution in [1.29, 1.82) is 0 Å². The molecule has 0 fully saturated rings. The van der Waals surface area contributed by atoms with E-state index < -0.39 is 0 Å². The number of imidazole rings is 1. The van der Waals surface area contributed by atoms with Crippen LogP contribution < -0.4 is 0 Å². The van der Waals surface area contributed by atoms with Crippen LogP contribution in [-0.4, -0.2) is 9.38 Å². The van der Waals surface area contributed by atoms with E-state index >= 15 is 0 Å². The first-order chi connectivity index (χ1) is 19.3. The van der Waals surface area contributed by atoms with Crippen LogP contribution in [-0.2, 0) is 0 Å². The fourth-order valence-corrected chi connectivity index (χ4v) is 5.96. The minimum absolute atomic E-state index is 0.859. The van der Waals surface area contributed by atoms with Crippen LogP contribution in [0.5, 0.6) is 0 Å². The lowest BCUT2D eigenvalue weighted by molar-refractivity contribution is 0.669. The van der Waals surface area contributed by atoms with Crippen molar-refractivity contribution >= 4 is 60.3 Å². The lowest BCUT2D eigenvalue weighted by Gasteiger charge is -2.08. The number of fused-ring (bicyclic) bond motifs is 9. The van der Waals surface area contributed by atoms with Crippen LogP contribution in [0.25, 0.3) is 82.7 Å². The maximum atomic E-state index is 6.45. The van der Waals surface area contributed by atoms with Crippen LogP contribution in [0.15, 0.2) is 130 Å². The molecule has 4 nitrogen and oxygen atoms in total. The normalized spacial score (nSPS) is 12.1. The van der Waals surface area contributed by atoms with Crippen LogP contribution in [0.3, 0.4) is 0 Å². The first-order valence-electron chi connectivity index (χ1n) is 13.0. The van der Waals surface area contributed by atoms with Crippen molar-refractivity contribution in [2.24, 2.45) is 0 Å². The quantitative estimate of drug-likeness (QED) is 0.237. The number of pyridine rings is 1. The van der Waals surface area contributed by atoms with Gasteiger partial charge in [-0.2, -0.15) is 0 Å². The summed E-state index contributed by atoms with van der Waals surface area (Å²) in [6, 6.07) is 37.9. The van der Waals surface area contributed by atoms with E-state index in [0.717, 1.165) is 82.7 Å². The van der Waals surface area contributed by atoms with Crippen molar-refractivity contribution in [2.75, 3.05) is 0 Å². The number of para-hydroxylation sites is 1. The van der Waals surface area contributed by atoms with Crippen molar-refractivity contribution in [3.63, 3.8) is 0 Å². The van der Waals surface area contributed by atoms with E-state index in [9.17, 15) is 0 Å². The van der Waals surface area contributed by atoms with Crippen LogP contribution >= 0.6 is 0 Å². The molecule has 39 heavy (non-hydrogen) atoms. The molecule has 4 heterocycles. The molecule has 0 bridgehead atoms. The second-order valence-electron chi connectivity index (χ2n) is 10.1. The zero-order valence-corrected chi connectivity index (χ0v) is 20.8. The molecule has 182 valence electrons. The summed E-state index contributed by atoms with van der Waals surface area (Å²) in [5.74, 6) is 0. The number of hydrogen-bond donors (Lipinski definition) is 0. The molecule has 0 spiro atoms. The maximum Gasteiger partial charge on any atom is 0.143 e. The van der Waals surface area contributed by atoms with Crippen molar-refractivity contribution in [3.8, 4) is 22.4 Å². The molecule has 4 aromatic heterocycles. The molecule has 0 saturated carbocycles. The van der Waals surface area contributed by atoms with Gasteiger partial charge in [0.25, 0.3) is 0 Å². The summed E-state index contributed by atoms with van der Waals surface area (Å²) in [5, 5.41) is 6.74. The third-order valence-electron chi connectivity index (χ3n) is 7.83. The summed E-state index contributed by atoms with van der Waals surface area (Å²) in [6.07, 6.45) is 4.07. The van der Waals surface area contributed by atoms with Gasteiger partial charge in [0.1, 0.15) is 28.0 Å². The smallest absolute Gasteiger partial charge is 0.143 e. The monoisotopic (exact) mass is 500 g/mol. The molecule has 0 N–H and O–H groups in total. The summed E-state index contributed by atoms with van der Waals surface area (Å²) in [7, 11) is 0. The zero-order chi connectivity index (χ0) is 25.5. The Morgan fingerprint density at radius 2 is 1.21 bits per heavy atom. The van der Waals surface area contributed by atoms with Gasteiger partial charge in [-0.25, -0.2) is 4.98 Å². The van der Waals surface area contributed by atoms with Crippen LogP contribution in [0, 0.1) is 0 Å². The Labute approximate surface area is 222 Å². The van der Waals surface area contributed by atoms with Gasteiger partial charge in [-0.1, -0.05) is 60.7 Å². The van der Waals surface area contributed by atoms with E-state index in [1.807, 2.05) is 40.9 Å². The summed E-state index contributed by atoms with van der Waals surface area (Å²) in [4.78, 5) is 4.78. The Hall–Kier alpha value is -5.35. The number of aromatic nitrogens is 2. The average molecular weight is 501 g/mol. The molecule has 0 unspecified atom stereocenters. The Bertz CT molecular complexity index is 2370. The Kier molecular flexibility index (Phi) is 4.02. The number of hydrogen-bond acceptors (Lipinski definition) is 3. The lowest BCUT2D eigenvalue weighted by Crippen LogP contribution is -1.83. The minimum atomic E-state index is 0.859. The fraction of sp³-hybridized carbons (Fsp3) is 0. The summed E-state index contributed by atoms with van der Waals surface area (Å²) >= 11 is 0. The van der Waals surface area contributed by atoms with Crippen LogP contribution in [0.1, 0.15) is 0 Å². The first-order valence-corrected chi connectivity index (χ1v) is 13.0. The number of benzene rings is 5. The highest BCUT2D eigenvalue weighted by Crippen LogP contribution is 2.41. The standard InChI is InChI=1S/C35H20N2O2/c1-2-9-27-23(7-1)28(19-29-24-8-3-4-10-31(24)39-35(27)29)21-12-14-25-26-15-13-22(18-33(26)38-32(25)17-21)30-20-37-16-6-5-11-34(37)36-30/h1-20H. The molecule has 0 atom stereocenters. The molecule has 0 aliphatic carbocycles. The molecule has 4 heteroatoms. The molecule has 5 aromatic carbocycles. The van der Waals surface area contributed by atoms with Gasteiger partial charge < -0.3 is 13.2 Å². The van der Waals surface area contributed by atoms with E-state index in [-0.39, 0.29) is 0 Å². The third-order valence-corrected chi connectivity index (χ3v) is 7.83. The van der Waals surface area contributed by atoms with Crippen molar-refractivity contribution in [2.45, 2.75) is 0 Å². The highest BCUT2D eigenvalue weighted by atomic mass is 16.3. The minimum Gasteiger partial charge on any atom is -0.456 e. The molecule has 0 aliphatic heterocycles. The second kappa shape index (κ2) is 7.59. The van der Waals surface area contributed by atoms with Gasteiger partial charge in [-0.05, 0) is 65.0 Å². The van der Waals surface area contributed by atoms with E-state index in [1.54, 1.807) is 0 Å². The first kappa shape index (κ1) is 20.7. The molecule has 0 amide bonds. The van der Waals surface area contributed by atoms with E-state index in [0.29, 0.717) is 0 Å². The molecule has 9 aromatic rings.